The average molecular weight is 245 g/mol. The van der Waals surface area contributed by atoms with E-state index >= 15 is 0 Å². The van der Waals surface area contributed by atoms with E-state index in [-0.39, 0.29) is 0 Å². The van der Waals surface area contributed by atoms with Crippen LogP contribution in [0.15, 0.2) is 42.0 Å². The van der Waals surface area contributed by atoms with Gasteiger partial charge < -0.3 is 14.6 Å². The SMILES string of the molecule is O=C([O-])COc1ccccc1C=Nn1cnnc1. The number of carbonyl (C=O) groups is 1. The van der Waals surface area contributed by atoms with Crippen molar-refractivity contribution in [2.75, 3.05) is 6.61 Å². The van der Waals surface area contributed by atoms with E-state index < -0.39 is 12.6 Å². The molecule has 0 fully saturated rings. The zero-order chi connectivity index (χ0) is 12.8. The van der Waals surface area contributed by atoms with E-state index in [0.29, 0.717) is 11.3 Å². The smallest absolute Gasteiger partial charge is 0.141 e. The Morgan fingerprint density at radius 3 is 2.83 bits per heavy atom. The van der Waals surface area contributed by atoms with Gasteiger partial charge in [-0.3, -0.25) is 0 Å². The molecule has 0 aliphatic carbocycles. The molecule has 0 radical (unpaired) electrons. The summed E-state index contributed by atoms with van der Waals surface area (Å²) in [5, 5.41) is 21.6. The summed E-state index contributed by atoms with van der Waals surface area (Å²) in [6.07, 6.45) is 4.39. The number of nitrogens with zero attached hydrogens (tertiary/aromatic N) is 4. The van der Waals surface area contributed by atoms with Crippen molar-refractivity contribution in [1.82, 2.24) is 14.9 Å². The van der Waals surface area contributed by atoms with Gasteiger partial charge in [-0.1, -0.05) is 12.1 Å². The zero-order valence-electron chi connectivity index (χ0n) is 9.26. The van der Waals surface area contributed by atoms with Gasteiger partial charge in [-0.25, -0.2) is 4.68 Å². The van der Waals surface area contributed by atoms with Crippen molar-refractivity contribution >= 4 is 12.2 Å². The second-order valence-corrected chi connectivity index (χ2v) is 3.28. The first-order chi connectivity index (χ1) is 8.75. The Morgan fingerprint density at radius 1 is 1.39 bits per heavy atom. The van der Waals surface area contributed by atoms with Crippen LogP contribution in [0.5, 0.6) is 5.75 Å². The number of carboxylic acid groups (broad SMARTS) is 1. The largest absolute Gasteiger partial charge is 0.546 e. The second kappa shape index (κ2) is 5.58. The van der Waals surface area contributed by atoms with Crippen LogP contribution in [0.4, 0.5) is 0 Å². The Kier molecular flexibility index (Phi) is 3.65. The molecular weight excluding hydrogens is 236 g/mol. The molecule has 0 atom stereocenters. The number of aromatic nitrogens is 3. The van der Waals surface area contributed by atoms with Gasteiger partial charge in [0.05, 0.1) is 12.2 Å². The molecule has 0 N–H and O–H groups in total. The number of hydrogen-bond donors (Lipinski definition) is 0. The molecule has 7 nitrogen and oxygen atoms in total. The third-order valence-electron chi connectivity index (χ3n) is 2.00. The van der Waals surface area contributed by atoms with Gasteiger partial charge in [0.1, 0.15) is 25.0 Å². The van der Waals surface area contributed by atoms with E-state index in [2.05, 4.69) is 15.3 Å². The van der Waals surface area contributed by atoms with Crippen LogP contribution in [0.3, 0.4) is 0 Å². The summed E-state index contributed by atoms with van der Waals surface area (Å²) >= 11 is 0. The third kappa shape index (κ3) is 3.14. The Bertz CT molecular complexity index is 551. The van der Waals surface area contributed by atoms with Crippen LogP contribution in [-0.4, -0.2) is 33.7 Å². The van der Waals surface area contributed by atoms with Crippen molar-refractivity contribution < 1.29 is 14.6 Å². The van der Waals surface area contributed by atoms with Crippen molar-refractivity contribution in [3.63, 3.8) is 0 Å². The van der Waals surface area contributed by atoms with Gasteiger partial charge >= 0.3 is 0 Å². The maximum absolute atomic E-state index is 10.3. The zero-order valence-corrected chi connectivity index (χ0v) is 9.26. The number of aliphatic carboxylic acids is 1. The van der Waals surface area contributed by atoms with Crippen LogP contribution in [-0.2, 0) is 4.79 Å². The molecule has 0 saturated carbocycles. The van der Waals surface area contributed by atoms with Crippen LogP contribution in [0.1, 0.15) is 5.56 Å². The first-order valence-corrected chi connectivity index (χ1v) is 5.06. The number of benzene rings is 1. The molecule has 2 rings (SSSR count). The van der Waals surface area contributed by atoms with E-state index in [0.717, 1.165) is 0 Å². The molecule has 0 unspecified atom stereocenters. The molecule has 1 aromatic carbocycles. The lowest BCUT2D eigenvalue weighted by atomic mass is 10.2. The molecule has 7 heteroatoms. The van der Waals surface area contributed by atoms with Crippen LogP contribution in [0, 0.1) is 0 Å². The molecule has 0 amide bonds. The Labute approximate surface area is 102 Å². The van der Waals surface area contributed by atoms with Crippen LogP contribution < -0.4 is 9.84 Å². The summed E-state index contributed by atoms with van der Waals surface area (Å²) in [6.45, 7) is -0.502. The van der Waals surface area contributed by atoms with Gasteiger partial charge in [-0.05, 0) is 12.1 Å². The lowest BCUT2D eigenvalue weighted by molar-refractivity contribution is -0.307. The Balaban J connectivity index is 2.14. The molecule has 1 heterocycles. The highest BCUT2D eigenvalue weighted by Crippen LogP contribution is 2.15. The van der Waals surface area contributed by atoms with Gasteiger partial charge in [-0.15, -0.1) is 10.2 Å². The minimum absolute atomic E-state index is 0.415. The molecule has 92 valence electrons. The minimum atomic E-state index is -1.28. The number of ether oxygens (including phenoxy) is 1. The van der Waals surface area contributed by atoms with Crippen LogP contribution >= 0.6 is 0 Å². The number of para-hydroxylation sites is 1. The van der Waals surface area contributed by atoms with E-state index in [1.807, 2.05) is 0 Å². The predicted molar refractivity (Wildman–Crippen MR) is 60.0 cm³/mol. The average Bonchev–Trinajstić information content (AvgIpc) is 2.88. The topological polar surface area (TPSA) is 92.4 Å². The van der Waals surface area contributed by atoms with E-state index in [1.54, 1.807) is 24.3 Å². The van der Waals surface area contributed by atoms with Crippen LogP contribution in [0.2, 0.25) is 0 Å². The van der Waals surface area contributed by atoms with Crippen molar-refractivity contribution in [2.45, 2.75) is 0 Å². The summed E-state index contributed by atoms with van der Waals surface area (Å²) < 4.78 is 6.49. The number of hydrogen-bond acceptors (Lipinski definition) is 6. The Hall–Kier alpha value is -2.70. The van der Waals surface area contributed by atoms with Crippen molar-refractivity contribution in [3.8, 4) is 5.75 Å². The van der Waals surface area contributed by atoms with Gasteiger partial charge in [-0.2, -0.15) is 5.10 Å². The summed E-state index contributed by atoms with van der Waals surface area (Å²) in [6, 6.07) is 6.93. The fraction of sp³-hybridized carbons (Fsp3) is 0.0909. The highest BCUT2D eigenvalue weighted by molar-refractivity contribution is 5.83. The molecule has 1 aromatic heterocycles. The summed E-state index contributed by atoms with van der Waals surface area (Å²) in [5.41, 5.74) is 0.646. The lowest BCUT2D eigenvalue weighted by Gasteiger charge is -2.08. The minimum Gasteiger partial charge on any atom is -0.546 e. The molecule has 2 aromatic rings. The standard InChI is InChI=1S/C11H10N4O3/c16-11(17)6-18-10-4-2-1-3-9(10)5-14-15-7-12-13-8-15/h1-5,7-8H,6H2,(H,16,17)/p-1. The highest BCUT2D eigenvalue weighted by atomic mass is 16.5. The van der Waals surface area contributed by atoms with Gasteiger partial charge in [0.15, 0.2) is 0 Å². The normalized spacial score (nSPS) is 10.7. The summed E-state index contributed by atoms with van der Waals surface area (Å²) in [7, 11) is 0. The number of rotatable bonds is 5. The van der Waals surface area contributed by atoms with E-state index in [1.165, 1.54) is 23.5 Å². The molecule has 0 aliphatic rings. The van der Waals surface area contributed by atoms with Crippen molar-refractivity contribution in [3.05, 3.63) is 42.5 Å². The second-order valence-electron chi connectivity index (χ2n) is 3.28. The molecule has 0 aliphatic heterocycles. The van der Waals surface area contributed by atoms with E-state index in [9.17, 15) is 9.90 Å². The van der Waals surface area contributed by atoms with Gasteiger partial charge in [0.2, 0.25) is 0 Å². The maximum atomic E-state index is 10.3. The van der Waals surface area contributed by atoms with Crippen molar-refractivity contribution in [2.24, 2.45) is 5.10 Å². The monoisotopic (exact) mass is 245 g/mol. The maximum Gasteiger partial charge on any atom is 0.141 e. The molecule has 0 saturated heterocycles. The predicted octanol–water partition coefficient (Wildman–Crippen LogP) is -0.711. The fourth-order valence-electron chi connectivity index (χ4n) is 1.24. The first-order valence-electron chi connectivity index (χ1n) is 5.06. The number of carboxylic acids is 1. The third-order valence-corrected chi connectivity index (χ3v) is 2.00. The molecular formula is C11H9N4O3-. The summed E-state index contributed by atoms with van der Waals surface area (Å²) in [5.74, 6) is -0.862. The number of carbonyl (C=O) groups excluding carboxylic acids is 1. The van der Waals surface area contributed by atoms with Crippen LogP contribution in [0.25, 0.3) is 0 Å². The highest BCUT2D eigenvalue weighted by Gasteiger charge is 2.00. The van der Waals surface area contributed by atoms with Gasteiger partial charge in [0.25, 0.3) is 0 Å². The lowest BCUT2D eigenvalue weighted by Crippen LogP contribution is -2.29. The molecule has 18 heavy (non-hydrogen) atoms. The Morgan fingerprint density at radius 2 is 2.11 bits per heavy atom. The molecule has 0 spiro atoms. The quantitative estimate of drug-likeness (QED) is 0.649. The van der Waals surface area contributed by atoms with Crippen molar-refractivity contribution in [1.29, 1.82) is 0 Å². The fourth-order valence-corrected chi connectivity index (χ4v) is 1.24. The van der Waals surface area contributed by atoms with Gasteiger partial charge in [0, 0.05) is 5.56 Å². The molecule has 0 bridgehead atoms. The van der Waals surface area contributed by atoms with E-state index in [4.69, 9.17) is 4.74 Å². The first kappa shape index (κ1) is 11.8. The summed E-state index contributed by atoms with van der Waals surface area (Å²) in [4.78, 5) is 10.3.